The molecular weight excluding hydrogens is 217 g/mol. The minimum absolute atomic E-state index is 0. The van der Waals surface area contributed by atoms with Gasteiger partial charge in [0.15, 0.2) is 0 Å². The molecule has 1 aromatic rings. The molecule has 0 heterocycles. The van der Waals surface area contributed by atoms with E-state index in [1.54, 1.807) is 30.3 Å². The molecule has 0 aliphatic rings. The van der Waals surface area contributed by atoms with Gasteiger partial charge in [0.2, 0.25) is 0 Å². The first-order chi connectivity index (χ1) is 7.02. The zero-order valence-electron chi connectivity index (χ0n) is 10.1. The number of benzene rings is 1. The van der Waals surface area contributed by atoms with Crippen molar-refractivity contribution in [2.75, 3.05) is 20.6 Å². The second kappa shape index (κ2) is 7.13. The Balaban J connectivity index is 0.00000225. The van der Waals surface area contributed by atoms with Crippen molar-refractivity contribution in [1.82, 2.24) is 4.90 Å². The predicted octanol–water partition coefficient (Wildman–Crippen LogP) is -1.42. The quantitative estimate of drug-likeness (QED) is 0.462. The van der Waals surface area contributed by atoms with E-state index in [0.717, 1.165) is 6.54 Å². The number of hydrogen-bond donors (Lipinski definition) is 0. The zero-order chi connectivity index (χ0) is 11.3. The van der Waals surface area contributed by atoms with E-state index in [0.29, 0.717) is 11.3 Å². The molecule has 84 valence electrons. The first kappa shape index (κ1) is 15.7. The molecule has 1 aromatic carbocycles. The smallest absolute Gasteiger partial charge is 0.312 e. The van der Waals surface area contributed by atoms with Crippen molar-refractivity contribution in [3.63, 3.8) is 0 Å². The monoisotopic (exact) mass is 233 g/mol. The summed E-state index contributed by atoms with van der Waals surface area (Å²) in [7, 11) is 0.632. The third-order valence-electron chi connectivity index (χ3n) is 1.99. The molecule has 0 amide bonds. The largest absolute Gasteiger partial charge is 1.00 e. The summed E-state index contributed by atoms with van der Waals surface area (Å²) in [6, 6.07) is 8.49. The van der Waals surface area contributed by atoms with Gasteiger partial charge in [-0.1, -0.05) is 18.2 Å². The summed E-state index contributed by atoms with van der Waals surface area (Å²) in [5.74, 6) is 1.38. The molecule has 0 N–H and O–H groups in total. The molecule has 3 nitrogen and oxygen atoms in total. The van der Waals surface area contributed by atoms with Gasteiger partial charge in [0.25, 0.3) is 0 Å². The van der Waals surface area contributed by atoms with Crippen LogP contribution >= 0.6 is 0 Å². The SMILES string of the molecule is CN(C)CC[CH-]S(=O)(=O)c1ccccc1.[Li+]. The molecule has 5 heteroatoms. The van der Waals surface area contributed by atoms with Crippen molar-refractivity contribution in [2.45, 2.75) is 11.3 Å². The molecule has 16 heavy (non-hydrogen) atoms. The third kappa shape index (κ3) is 5.18. The molecule has 0 aliphatic heterocycles. The second-order valence-electron chi connectivity index (χ2n) is 3.62. The van der Waals surface area contributed by atoms with Gasteiger partial charge in [-0.3, -0.25) is 8.42 Å². The van der Waals surface area contributed by atoms with Gasteiger partial charge in [0.05, 0.1) is 9.84 Å². The summed E-state index contributed by atoms with van der Waals surface area (Å²) < 4.78 is 23.5. The molecule has 0 aromatic heterocycles. The maximum absolute atomic E-state index is 11.7. The third-order valence-corrected chi connectivity index (χ3v) is 3.59. The Morgan fingerprint density at radius 3 is 2.25 bits per heavy atom. The van der Waals surface area contributed by atoms with Gasteiger partial charge in [-0.25, -0.2) is 5.75 Å². The van der Waals surface area contributed by atoms with Crippen molar-refractivity contribution >= 4 is 9.84 Å². The maximum Gasteiger partial charge on any atom is 1.00 e. The Labute approximate surface area is 110 Å². The fourth-order valence-electron chi connectivity index (χ4n) is 1.17. The normalized spacial score (nSPS) is 11.2. The number of hydrogen-bond acceptors (Lipinski definition) is 3. The van der Waals surface area contributed by atoms with Gasteiger partial charge in [-0.05, 0) is 32.8 Å². The topological polar surface area (TPSA) is 37.4 Å². The molecule has 0 atom stereocenters. The fraction of sp³-hybridized carbons (Fsp3) is 0.364. The predicted molar refractivity (Wildman–Crippen MR) is 61.1 cm³/mol. The van der Waals surface area contributed by atoms with Crippen LogP contribution in [-0.4, -0.2) is 34.0 Å². The van der Waals surface area contributed by atoms with Crippen LogP contribution in [0.5, 0.6) is 0 Å². The molecular formula is C11H16LiNO2S. The van der Waals surface area contributed by atoms with E-state index < -0.39 is 9.84 Å². The molecule has 0 aliphatic carbocycles. The average molecular weight is 233 g/mol. The van der Waals surface area contributed by atoms with Crippen LogP contribution in [-0.2, 0) is 9.84 Å². The molecule has 0 fully saturated rings. The maximum atomic E-state index is 11.7. The standard InChI is InChI=1S/C11H16NO2S.Li/c1-12(2)9-6-10-15(13,14)11-7-4-3-5-8-11;/h3-5,7-8,10H,6,9H2,1-2H3;/q-1;+1. The van der Waals surface area contributed by atoms with Crippen molar-refractivity contribution < 1.29 is 27.3 Å². The first-order valence-electron chi connectivity index (χ1n) is 4.80. The Morgan fingerprint density at radius 2 is 1.75 bits per heavy atom. The molecule has 0 unspecified atom stereocenters. The number of sulfone groups is 1. The number of nitrogens with zero attached hydrogens (tertiary/aromatic N) is 1. The molecule has 0 saturated carbocycles. The number of rotatable bonds is 5. The summed E-state index contributed by atoms with van der Waals surface area (Å²) in [5, 5.41) is 0. The summed E-state index contributed by atoms with van der Waals surface area (Å²) in [5.41, 5.74) is 0. The fourth-order valence-corrected chi connectivity index (χ4v) is 2.32. The Hall–Kier alpha value is -0.273. The van der Waals surface area contributed by atoms with Crippen LogP contribution in [0.1, 0.15) is 6.42 Å². The summed E-state index contributed by atoms with van der Waals surface area (Å²) in [4.78, 5) is 2.32. The van der Waals surface area contributed by atoms with Gasteiger partial charge < -0.3 is 4.90 Å². The Kier molecular flexibility index (Phi) is 7.01. The summed E-state index contributed by atoms with van der Waals surface area (Å²) >= 11 is 0. The molecule has 0 bridgehead atoms. The summed E-state index contributed by atoms with van der Waals surface area (Å²) in [6.07, 6.45) is 0.546. The van der Waals surface area contributed by atoms with Crippen molar-refractivity contribution in [3.05, 3.63) is 36.1 Å². The van der Waals surface area contributed by atoms with E-state index in [4.69, 9.17) is 0 Å². The average Bonchev–Trinajstić information content (AvgIpc) is 2.18. The van der Waals surface area contributed by atoms with Crippen LogP contribution < -0.4 is 18.9 Å². The van der Waals surface area contributed by atoms with Gasteiger partial charge in [-0.15, -0.1) is 0 Å². The van der Waals surface area contributed by atoms with Crippen LogP contribution in [0.4, 0.5) is 0 Å². The summed E-state index contributed by atoms with van der Waals surface area (Å²) in [6.45, 7) is 0.742. The van der Waals surface area contributed by atoms with Crippen molar-refractivity contribution in [1.29, 1.82) is 0 Å². The van der Waals surface area contributed by atoms with Crippen LogP contribution in [0.25, 0.3) is 0 Å². The van der Waals surface area contributed by atoms with Gasteiger partial charge in [0, 0.05) is 4.90 Å². The van der Waals surface area contributed by atoms with Gasteiger partial charge in [0.1, 0.15) is 0 Å². The van der Waals surface area contributed by atoms with E-state index >= 15 is 0 Å². The van der Waals surface area contributed by atoms with Crippen LogP contribution in [0, 0.1) is 5.75 Å². The van der Waals surface area contributed by atoms with Crippen molar-refractivity contribution in [2.24, 2.45) is 0 Å². The minimum atomic E-state index is -3.21. The second-order valence-corrected chi connectivity index (χ2v) is 5.51. The first-order valence-corrected chi connectivity index (χ1v) is 6.35. The molecule has 0 radical (unpaired) electrons. The molecule has 1 rings (SSSR count). The molecule has 0 spiro atoms. The molecule has 0 saturated heterocycles. The van der Waals surface area contributed by atoms with Gasteiger partial charge in [-0.2, -0.15) is 6.42 Å². The van der Waals surface area contributed by atoms with E-state index in [1.165, 1.54) is 5.75 Å². The Bertz CT molecular complexity index is 390. The van der Waals surface area contributed by atoms with Crippen LogP contribution in [0.3, 0.4) is 0 Å². The van der Waals surface area contributed by atoms with E-state index in [9.17, 15) is 8.42 Å². The minimum Gasteiger partial charge on any atom is -0.312 e. The van der Waals surface area contributed by atoms with Gasteiger partial charge >= 0.3 is 18.9 Å². The van der Waals surface area contributed by atoms with Crippen LogP contribution in [0.15, 0.2) is 35.2 Å². The van der Waals surface area contributed by atoms with Crippen molar-refractivity contribution in [3.8, 4) is 0 Å². The van der Waals surface area contributed by atoms with E-state index in [1.807, 2.05) is 19.0 Å². The zero-order valence-corrected chi connectivity index (χ0v) is 10.9. The van der Waals surface area contributed by atoms with Crippen LogP contribution in [0.2, 0.25) is 0 Å². The van der Waals surface area contributed by atoms with E-state index in [2.05, 4.69) is 0 Å². The van der Waals surface area contributed by atoms with E-state index in [-0.39, 0.29) is 18.9 Å². The Morgan fingerprint density at radius 1 is 1.19 bits per heavy atom.